The lowest BCUT2D eigenvalue weighted by Gasteiger charge is -2.39. The third-order valence-corrected chi connectivity index (χ3v) is 5.65. The Hall–Kier alpha value is -2.00. The maximum absolute atomic E-state index is 6.19. The number of halogens is 1. The molecular formula is C23H32IN3O3. The van der Waals surface area contributed by atoms with Crippen molar-refractivity contribution in [3.8, 4) is 11.5 Å². The van der Waals surface area contributed by atoms with E-state index in [-0.39, 0.29) is 29.4 Å². The van der Waals surface area contributed by atoms with Gasteiger partial charge in [-0.25, -0.2) is 4.99 Å². The van der Waals surface area contributed by atoms with Crippen molar-refractivity contribution in [2.24, 2.45) is 10.7 Å². The van der Waals surface area contributed by atoms with Crippen molar-refractivity contribution >= 4 is 29.9 Å². The van der Waals surface area contributed by atoms with Gasteiger partial charge in [0, 0.05) is 25.2 Å². The Labute approximate surface area is 196 Å². The van der Waals surface area contributed by atoms with Crippen LogP contribution in [0.15, 0.2) is 47.5 Å². The van der Waals surface area contributed by atoms with Crippen molar-refractivity contribution in [3.05, 3.63) is 59.2 Å². The minimum absolute atomic E-state index is 0. The summed E-state index contributed by atoms with van der Waals surface area (Å²) in [5.41, 5.74) is 9.87. The molecule has 1 fully saturated rings. The molecule has 2 aromatic rings. The number of nitrogens with two attached hydrogens (primary N) is 1. The molecule has 0 atom stereocenters. The van der Waals surface area contributed by atoms with E-state index in [2.05, 4.69) is 41.5 Å². The van der Waals surface area contributed by atoms with Gasteiger partial charge in [0.2, 0.25) is 0 Å². The van der Waals surface area contributed by atoms with Gasteiger partial charge >= 0.3 is 0 Å². The summed E-state index contributed by atoms with van der Waals surface area (Å²) in [6, 6.07) is 14.3. The number of aryl methyl sites for hydroxylation is 1. The van der Waals surface area contributed by atoms with Crippen LogP contribution in [0.4, 0.5) is 0 Å². The van der Waals surface area contributed by atoms with Crippen LogP contribution in [0.1, 0.15) is 29.5 Å². The summed E-state index contributed by atoms with van der Waals surface area (Å²) < 4.78 is 16.3. The fraction of sp³-hybridized carbons (Fsp3) is 0.435. The van der Waals surface area contributed by atoms with Gasteiger partial charge in [0.25, 0.3) is 0 Å². The van der Waals surface area contributed by atoms with Crippen molar-refractivity contribution in [1.82, 2.24) is 5.32 Å². The van der Waals surface area contributed by atoms with E-state index < -0.39 is 0 Å². The summed E-state index contributed by atoms with van der Waals surface area (Å²) in [7, 11) is 3.25. The Morgan fingerprint density at radius 3 is 2.47 bits per heavy atom. The molecule has 30 heavy (non-hydrogen) atoms. The molecule has 1 heterocycles. The monoisotopic (exact) mass is 525 g/mol. The molecular weight excluding hydrogens is 493 g/mol. The number of methoxy groups -OCH3 is 2. The predicted octanol–water partition coefficient (Wildman–Crippen LogP) is 3.78. The second kappa shape index (κ2) is 11.4. The summed E-state index contributed by atoms with van der Waals surface area (Å²) in [6.45, 7) is 4.90. The van der Waals surface area contributed by atoms with E-state index in [1.54, 1.807) is 14.2 Å². The lowest BCUT2D eigenvalue weighted by molar-refractivity contribution is 0.0512. The van der Waals surface area contributed by atoms with Crippen LogP contribution in [-0.4, -0.2) is 39.9 Å². The van der Waals surface area contributed by atoms with Gasteiger partial charge in [-0.15, -0.1) is 24.0 Å². The van der Waals surface area contributed by atoms with E-state index in [4.69, 9.17) is 19.9 Å². The third kappa shape index (κ3) is 5.78. The van der Waals surface area contributed by atoms with E-state index in [0.717, 1.165) is 38.2 Å². The van der Waals surface area contributed by atoms with Crippen LogP contribution < -0.4 is 20.5 Å². The van der Waals surface area contributed by atoms with Crippen molar-refractivity contribution in [3.63, 3.8) is 0 Å². The van der Waals surface area contributed by atoms with Crippen molar-refractivity contribution in [1.29, 1.82) is 0 Å². The molecule has 1 saturated heterocycles. The SMILES string of the molecule is COc1ccc(CN=C(N)NCC2(c3ccccc3C)CCOCC2)cc1OC.I. The Bertz CT molecular complexity index is 851. The highest BCUT2D eigenvalue weighted by atomic mass is 127. The molecule has 0 spiro atoms. The van der Waals surface area contributed by atoms with Crippen LogP contribution in [0.25, 0.3) is 0 Å². The molecule has 3 rings (SSSR count). The number of rotatable bonds is 7. The molecule has 0 amide bonds. The van der Waals surface area contributed by atoms with Gasteiger partial charge in [0.15, 0.2) is 17.5 Å². The summed E-state index contributed by atoms with van der Waals surface area (Å²) in [4.78, 5) is 4.51. The van der Waals surface area contributed by atoms with Gasteiger partial charge < -0.3 is 25.3 Å². The molecule has 0 aliphatic carbocycles. The Kier molecular flexibility index (Phi) is 9.23. The first-order valence-electron chi connectivity index (χ1n) is 9.96. The lowest BCUT2D eigenvalue weighted by atomic mass is 9.72. The first kappa shape index (κ1) is 24.3. The number of hydrogen-bond acceptors (Lipinski definition) is 4. The Morgan fingerprint density at radius 1 is 1.10 bits per heavy atom. The standard InChI is InChI=1S/C23H31N3O3.HI/c1-17-6-4-5-7-19(17)23(10-12-29-13-11-23)16-26-22(24)25-15-18-8-9-20(27-2)21(14-18)28-3;/h4-9,14H,10-13,15-16H2,1-3H3,(H3,24,25,26);1H. The predicted molar refractivity (Wildman–Crippen MR) is 131 cm³/mol. The molecule has 7 heteroatoms. The molecule has 1 aliphatic heterocycles. The molecule has 1 aliphatic rings. The van der Waals surface area contributed by atoms with Gasteiger partial charge in [-0.3, -0.25) is 0 Å². The van der Waals surface area contributed by atoms with Crippen LogP contribution >= 0.6 is 24.0 Å². The molecule has 0 saturated carbocycles. The van der Waals surface area contributed by atoms with Gasteiger partial charge in [-0.05, 0) is 48.6 Å². The van der Waals surface area contributed by atoms with Crippen LogP contribution in [0, 0.1) is 6.92 Å². The van der Waals surface area contributed by atoms with Gasteiger partial charge in [-0.2, -0.15) is 0 Å². The average molecular weight is 525 g/mol. The van der Waals surface area contributed by atoms with E-state index in [1.807, 2.05) is 18.2 Å². The van der Waals surface area contributed by atoms with Gasteiger partial charge in [0.05, 0.1) is 20.8 Å². The topological polar surface area (TPSA) is 78.1 Å². The second-order valence-electron chi connectivity index (χ2n) is 7.45. The molecule has 0 unspecified atom stereocenters. The largest absolute Gasteiger partial charge is 0.493 e. The summed E-state index contributed by atoms with van der Waals surface area (Å²) in [6.07, 6.45) is 1.93. The van der Waals surface area contributed by atoms with Crippen LogP contribution in [0.2, 0.25) is 0 Å². The zero-order valence-electron chi connectivity index (χ0n) is 17.9. The fourth-order valence-electron chi connectivity index (χ4n) is 3.94. The van der Waals surface area contributed by atoms with Crippen molar-refractivity contribution in [2.45, 2.75) is 31.7 Å². The highest BCUT2D eigenvalue weighted by molar-refractivity contribution is 14.0. The zero-order chi connectivity index (χ0) is 20.7. The van der Waals surface area contributed by atoms with E-state index in [1.165, 1.54) is 11.1 Å². The minimum atomic E-state index is 0. The van der Waals surface area contributed by atoms with Crippen LogP contribution in [-0.2, 0) is 16.7 Å². The maximum atomic E-state index is 6.19. The number of nitrogens with one attached hydrogen (secondary N) is 1. The molecule has 164 valence electrons. The first-order chi connectivity index (χ1) is 14.1. The number of nitrogens with zero attached hydrogens (tertiary/aromatic N) is 1. The fourth-order valence-corrected chi connectivity index (χ4v) is 3.94. The summed E-state index contributed by atoms with van der Waals surface area (Å²) >= 11 is 0. The Balaban J connectivity index is 0.00000320. The molecule has 0 aromatic heterocycles. The zero-order valence-corrected chi connectivity index (χ0v) is 20.3. The molecule has 0 radical (unpaired) electrons. The Morgan fingerprint density at radius 2 is 1.80 bits per heavy atom. The van der Waals surface area contributed by atoms with Crippen LogP contribution in [0.3, 0.4) is 0 Å². The normalized spacial score (nSPS) is 15.8. The third-order valence-electron chi connectivity index (χ3n) is 5.65. The summed E-state index contributed by atoms with van der Waals surface area (Å²) in [5.74, 6) is 1.83. The average Bonchev–Trinajstić information content (AvgIpc) is 2.77. The molecule has 0 bridgehead atoms. The highest BCUT2D eigenvalue weighted by Gasteiger charge is 2.35. The van der Waals surface area contributed by atoms with E-state index >= 15 is 0 Å². The smallest absolute Gasteiger partial charge is 0.188 e. The summed E-state index contributed by atoms with van der Waals surface area (Å²) in [5, 5.41) is 3.36. The number of ether oxygens (including phenoxy) is 3. The number of benzene rings is 2. The quantitative estimate of drug-likeness (QED) is 0.327. The second-order valence-corrected chi connectivity index (χ2v) is 7.45. The van der Waals surface area contributed by atoms with Crippen molar-refractivity contribution in [2.75, 3.05) is 34.0 Å². The van der Waals surface area contributed by atoms with E-state index in [0.29, 0.717) is 24.0 Å². The number of aliphatic imine (C=N–C) groups is 1. The molecule has 6 nitrogen and oxygen atoms in total. The first-order valence-corrected chi connectivity index (χ1v) is 9.96. The minimum Gasteiger partial charge on any atom is -0.493 e. The van der Waals surface area contributed by atoms with Crippen LogP contribution in [0.5, 0.6) is 11.5 Å². The number of hydrogen-bond donors (Lipinski definition) is 2. The van der Waals surface area contributed by atoms with Crippen molar-refractivity contribution < 1.29 is 14.2 Å². The van der Waals surface area contributed by atoms with E-state index in [9.17, 15) is 0 Å². The van der Waals surface area contributed by atoms with Gasteiger partial charge in [0.1, 0.15) is 0 Å². The molecule has 3 N–H and O–H groups in total. The van der Waals surface area contributed by atoms with Gasteiger partial charge in [-0.1, -0.05) is 30.3 Å². The maximum Gasteiger partial charge on any atom is 0.188 e. The molecule has 2 aromatic carbocycles. The number of guanidine groups is 1. The highest BCUT2D eigenvalue weighted by Crippen LogP contribution is 2.36. The lowest BCUT2D eigenvalue weighted by Crippen LogP contribution is -2.47.